The van der Waals surface area contributed by atoms with Crippen LogP contribution in [-0.4, -0.2) is 304 Å². The van der Waals surface area contributed by atoms with Gasteiger partial charge in [-0.2, -0.15) is 0 Å². The summed E-state index contributed by atoms with van der Waals surface area (Å²) >= 11 is 3.01. The van der Waals surface area contributed by atoms with E-state index in [-0.39, 0.29) is 134 Å². The van der Waals surface area contributed by atoms with Crippen LogP contribution in [0.5, 0.6) is 0 Å². The molecule has 4 heterocycles. The van der Waals surface area contributed by atoms with Gasteiger partial charge in [0, 0.05) is 117 Å². The second-order valence-electron chi connectivity index (χ2n) is 39.5. The molecule has 7 N–H and O–H groups in total. The third-order valence-corrected chi connectivity index (χ3v) is 27.3. The zero-order valence-electron chi connectivity index (χ0n) is 86.4. The summed E-state index contributed by atoms with van der Waals surface area (Å²) < 4.78 is 45.6. The number of nitrogens with two attached hydrogens (primary N) is 1. The maximum atomic E-state index is 14.7. The lowest BCUT2D eigenvalue weighted by Crippen LogP contribution is -2.56. The maximum Gasteiger partial charge on any atom is 0.407 e. The highest BCUT2D eigenvalue weighted by molar-refractivity contribution is 7.09. The summed E-state index contributed by atoms with van der Waals surface area (Å²) in [4.78, 5) is 153. The van der Waals surface area contributed by atoms with Crippen molar-refractivity contribution in [2.75, 3.05) is 122 Å². The van der Waals surface area contributed by atoms with Crippen LogP contribution in [0.4, 0.5) is 9.59 Å². The average Bonchev–Trinajstić information content (AvgIpc) is 1.35. The van der Waals surface area contributed by atoms with Gasteiger partial charge < -0.3 is 89.6 Å². The third kappa shape index (κ3) is 39.9. The van der Waals surface area contributed by atoms with Crippen LogP contribution in [0.1, 0.15) is 237 Å². The van der Waals surface area contributed by atoms with Crippen molar-refractivity contribution in [1.29, 1.82) is 0 Å². The first-order valence-electron chi connectivity index (χ1n) is 48.4. The van der Waals surface area contributed by atoms with Gasteiger partial charge in [0.05, 0.1) is 124 Å². The average molecular weight is 1950 g/mol. The Bertz CT molecular complexity index is 4120. The Morgan fingerprint density at radius 1 is 0.515 bits per heavy atom. The Hall–Kier alpha value is -8.16. The van der Waals surface area contributed by atoms with E-state index < -0.39 is 95.7 Å². The number of methoxy groups -OCH3 is 4. The summed E-state index contributed by atoms with van der Waals surface area (Å²) in [6.07, 6.45) is 6.26. The second-order valence-corrected chi connectivity index (χ2v) is 41.3. The van der Waals surface area contributed by atoms with Gasteiger partial charge in [0.2, 0.25) is 35.4 Å². The summed E-state index contributed by atoms with van der Waals surface area (Å²) in [6.45, 7) is 42.5. The zero-order chi connectivity index (χ0) is 101. The quantitative estimate of drug-likeness (QED) is 0.0224. The number of nitrogens with zero attached hydrogens (tertiary/aromatic N) is 8. The normalized spacial score (nSPS) is 17.6. The SMILES string of the molecule is C.CC(C)[C@@H](C(=O)O)N(C)CCOCCNC(=O)OC(C)(C)C.CC[C@H](C)[C@@H]([C@@H](CC(=O)N1CCC[C@H]1[C@H](OC)[C@@H](C)C(=O)N[C@@H](Cc1ccccc1)c1nccs1)OC)N(C)C(=O)[C@@H](CC(=O)[C@H](C(C)C)N(C)CCOCCNC(=O)OC(C)(C)C)C(C)C.CC[C@H](C)[C@@H]([C@@H](CC(=O)N1CCC[C@H]1[C@H](OC)[C@@H](C)C(=O)N[C@@H](Cc1ccccc1)c1nccs1)OC)N(C)C(=O)[C@@H](N)C(C)C. The Kier molecular flexibility index (Phi) is 55.1. The first kappa shape index (κ1) is 122. The predicted molar refractivity (Wildman–Crippen MR) is 536 cm³/mol. The molecule has 0 unspecified atom stereocenters. The number of aliphatic carboxylic acids is 1. The number of benzene rings is 2. The van der Waals surface area contributed by atoms with Crippen LogP contribution in [-0.2, 0) is 89.1 Å². The van der Waals surface area contributed by atoms with Gasteiger partial charge in [-0.1, -0.05) is 178 Å². The molecule has 32 nitrogen and oxygen atoms in total. The minimum Gasteiger partial charge on any atom is -0.480 e. The molecule has 6 rings (SSSR count). The number of rotatable bonds is 54. The molecule has 2 fully saturated rings. The molecule has 2 aliphatic rings. The van der Waals surface area contributed by atoms with Crippen molar-refractivity contribution < 1.29 is 90.9 Å². The summed E-state index contributed by atoms with van der Waals surface area (Å²) in [5, 5.41) is 26.4. The number of nitrogens with one attached hydrogen (secondary N) is 4. The van der Waals surface area contributed by atoms with E-state index >= 15 is 0 Å². The van der Waals surface area contributed by atoms with Crippen LogP contribution < -0.4 is 27.0 Å². The van der Waals surface area contributed by atoms with Crippen LogP contribution >= 0.6 is 22.7 Å². The van der Waals surface area contributed by atoms with Gasteiger partial charge in [-0.3, -0.25) is 48.2 Å². The fraction of sp³-hybridized carbons (Fsp3) is 0.725. The van der Waals surface area contributed by atoms with Crippen molar-refractivity contribution in [2.24, 2.45) is 59.0 Å². The highest BCUT2D eigenvalue weighted by atomic mass is 32.1. The predicted octanol–water partition coefficient (Wildman–Crippen LogP) is 13.8. The fourth-order valence-electron chi connectivity index (χ4n) is 17.9. The summed E-state index contributed by atoms with van der Waals surface area (Å²) in [7, 11) is 13.6. The molecular weight excluding hydrogens is 1780 g/mol. The second kappa shape index (κ2) is 61.4. The molecule has 18 atom stereocenters. The number of amides is 8. The third-order valence-electron chi connectivity index (χ3n) is 25.6. The number of hydrogen-bond acceptors (Lipinski definition) is 25. The highest BCUT2D eigenvalue weighted by Crippen LogP contribution is 2.35. The number of hydrogen-bond donors (Lipinski definition) is 6. The Morgan fingerprint density at radius 2 is 0.890 bits per heavy atom. The van der Waals surface area contributed by atoms with E-state index in [4.69, 9.17) is 48.7 Å². The minimum absolute atomic E-state index is 0. The number of likely N-dealkylation sites (tertiary alicyclic amines) is 2. The largest absolute Gasteiger partial charge is 0.480 e. The monoisotopic (exact) mass is 1950 g/mol. The topological polar surface area (TPSA) is 384 Å². The smallest absolute Gasteiger partial charge is 0.407 e. The number of ketones is 1. The lowest BCUT2D eigenvalue weighted by molar-refractivity contribution is -0.149. The van der Waals surface area contributed by atoms with Crippen molar-refractivity contribution in [3.05, 3.63) is 105 Å². The molecule has 772 valence electrons. The van der Waals surface area contributed by atoms with Crippen molar-refractivity contribution in [3.63, 3.8) is 0 Å². The molecule has 34 heteroatoms. The van der Waals surface area contributed by atoms with Crippen molar-refractivity contribution >= 4 is 82.1 Å². The number of ether oxygens (including phenoxy) is 8. The maximum absolute atomic E-state index is 14.7. The fourth-order valence-corrected chi connectivity index (χ4v) is 19.3. The zero-order valence-corrected chi connectivity index (χ0v) is 88.0. The van der Waals surface area contributed by atoms with Crippen LogP contribution in [0.3, 0.4) is 0 Å². The standard InChI is InChI=1S/C51H84N6O9S.C35H55N5O5S.C15H30N2O5.CH4/c1-15-35(6)45(56(12)49(61)38(33(2)3)31-41(58)44(34(4)5)55(11)26-28-65-27-23-53-50(62)66-51(8,9)10)42(63-13)32-43(59)57-25-19-22-40(57)46(64-14)36(7)47(60)54-39(48-52-24-29-67-48)30-37-20-17-16-18-21-37;1-9-23(4)31(39(6)35(43)30(36)22(2)3)28(44-7)21-29(41)40-18-13-16-27(40)32(45-8)24(5)33(42)38-26(34-37-17-19-46-34)20-25-14-11-10-12-15-25;1-11(2)12(13(18)19)17(6)8-10-21-9-7-16-14(20)22-15(3,4)5;/h16-18,20-21,24,29,33-36,38-40,42,44-46H,15,19,22-23,25-28,30-32H2,1-14H3,(H,53,62)(H,54,60);10-12,14-15,17,19,22-24,26-28,30-32H,9,13,16,18,20-21,36H2,1-8H3,(H,38,42);11-12H,7-10H2,1-6H3,(H,16,20)(H,18,19);1H4/t35-,36+,38-,39-,40-,42+,44-,45-,46+;23-,24+,26-,27-,28+,30-,31-,32+;12-;/m000./s1. The summed E-state index contributed by atoms with van der Waals surface area (Å²) in [6, 6.07) is 16.5. The molecule has 2 aliphatic heterocycles. The van der Waals surface area contributed by atoms with Crippen LogP contribution in [0.25, 0.3) is 0 Å². The molecule has 2 saturated heterocycles. The molecule has 0 radical (unpaired) electrons. The lowest BCUT2D eigenvalue weighted by atomic mass is 9.83. The van der Waals surface area contributed by atoms with E-state index in [0.29, 0.717) is 85.0 Å². The Morgan fingerprint density at radius 3 is 1.21 bits per heavy atom. The highest BCUT2D eigenvalue weighted by Gasteiger charge is 2.47. The van der Waals surface area contributed by atoms with Gasteiger partial charge in [-0.25, -0.2) is 19.6 Å². The van der Waals surface area contributed by atoms with E-state index in [9.17, 15) is 47.9 Å². The Balaban J connectivity index is 0.000000593. The van der Waals surface area contributed by atoms with Crippen LogP contribution in [0, 0.1) is 53.3 Å². The van der Waals surface area contributed by atoms with Gasteiger partial charge in [-0.15, -0.1) is 22.7 Å². The number of aromatic nitrogens is 2. The summed E-state index contributed by atoms with van der Waals surface area (Å²) in [5.74, 6) is -3.45. The molecule has 0 saturated carbocycles. The van der Waals surface area contributed by atoms with Gasteiger partial charge in [0.25, 0.3) is 0 Å². The Labute approximate surface area is 821 Å². The lowest BCUT2D eigenvalue weighted by Gasteiger charge is -2.41. The first-order valence-corrected chi connectivity index (χ1v) is 50.1. The van der Waals surface area contributed by atoms with Gasteiger partial charge in [0.1, 0.15) is 27.3 Å². The van der Waals surface area contributed by atoms with E-state index in [1.165, 1.54) is 22.7 Å². The number of thiazole rings is 2. The van der Waals surface area contributed by atoms with Crippen molar-refractivity contribution in [2.45, 2.75) is 307 Å². The van der Waals surface area contributed by atoms with E-state index in [1.54, 1.807) is 118 Å². The van der Waals surface area contributed by atoms with E-state index in [1.807, 2.05) is 162 Å². The van der Waals surface area contributed by atoms with E-state index in [2.05, 4.69) is 58.9 Å². The number of carbonyl (C=O) groups excluding carboxylic acids is 9. The molecule has 8 amide bonds. The first-order chi connectivity index (χ1) is 63.6. The van der Waals surface area contributed by atoms with Gasteiger partial charge in [-0.05, 0) is 141 Å². The molecule has 0 bridgehead atoms. The van der Waals surface area contributed by atoms with Crippen molar-refractivity contribution in [1.82, 2.24) is 60.6 Å². The number of likely N-dealkylation sites (N-methyl/N-ethyl adjacent to an activating group) is 4. The van der Waals surface area contributed by atoms with Crippen molar-refractivity contribution in [3.8, 4) is 0 Å². The summed E-state index contributed by atoms with van der Waals surface area (Å²) in [5.41, 5.74) is 7.33. The number of carboxylic acids is 1. The molecule has 2 aromatic heterocycles. The molecule has 0 aliphatic carbocycles. The molecule has 2 aromatic carbocycles. The van der Waals surface area contributed by atoms with Crippen LogP contribution in [0.2, 0.25) is 0 Å². The van der Waals surface area contributed by atoms with Gasteiger partial charge >= 0.3 is 18.2 Å². The minimum atomic E-state index is -0.830. The van der Waals surface area contributed by atoms with Gasteiger partial charge in [0.15, 0.2) is 5.78 Å². The van der Waals surface area contributed by atoms with E-state index in [0.717, 1.165) is 53.2 Å². The number of carboxylic acid groups (broad SMARTS) is 1. The van der Waals surface area contributed by atoms with Crippen LogP contribution in [0.15, 0.2) is 83.8 Å². The molecule has 0 spiro atoms. The number of Topliss-reactive ketones (excluding diaryl/α,β-unsaturated/α-hetero) is 1. The number of carbonyl (C=O) groups is 10. The molecule has 4 aromatic rings. The number of alkyl carbamates (subject to hydrolysis) is 2. The molecule has 136 heavy (non-hydrogen) atoms. The molecular formula is C102H173N13O19S2.